The van der Waals surface area contributed by atoms with E-state index >= 15 is 0 Å². The molecule has 0 fully saturated rings. The first-order valence-electron chi connectivity index (χ1n) is 5.84. The largest absolute Gasteiger partial charge is 0.387 e. The van der Waals surface area contributed by atoms with Gasteiger partial charge < -0.3 is 16.2 Å². The summed E-state index contributed by atoms with van der Waals surface area (Å²) in [5.41, 5.74) is 5.60. The normalized spacial score (nSPS) is 13.8. The van der Waals surface area contributed by atoms with Gasteiger partial charge in [0.2, 0.25) is 5.91 Å². The number of hydrogen-bond acceptors (Lipinski definition) is 5. The van der Waals surface area contributed by atoms with Crippen LogP contribution in [0.1, 0.15) is 25.0 Å². The maximum absolute atomic E-state index is 10.7. The molecule has 0 bridgehead atoms. The molecule has 0 saturated carbocycles. The van der Waals surface area contributed by atoms with E-state index in [4.69, 9.17) is 5.73 Å². The molecule has 0 spiro atoms. The van der Waals surface area contributed by atoms with Gasteiger partial charge in [-0.25, -0.2) is 0 Å². The number of benzene rings is 1. The maximum atomic E-state index is 10.7. The fourth-order valence-electron chi connectivity index (χ4n) is 1.62. The predicted molar refractivity (Wildman–Crippen MR) is 69.3 cm³/mol. The van der Waals surface area contributed by atoms with E-state index in [0.717, 1.165) is 0 Å². The number of rotatable bonds is 7. The highest BCUT2D eigenvalue weighted by atomic mass is 16.6. The van der Waals surface area contributed by atoms with Crippen molar-refractivity contribution in [2.75, 3.05) is 6.54 Å². The van der Waals surface area contributed by atoms with Crippen LogP contribution in [-0.4, -0.2) is 28.5 Å². The second-order valence-corrected chi connectivity index (χ2v) is 4.34. The van der Waals surface area contributed by atoms with Gasteiger partial charge in [0.25, 0.3) is 5.69 Å². The molecule has 7 heteroatoms. The van der Waals surface area contributed by atoms with Gasteiger partial charge in [-0.1, -0.05) is 0 Å². The standard InChI is InChI=1S/C12H17N3O4/c1-8(6-12(13)17)14-7-11(16)9-2-4-10(5-3-9)15(18)19/h2-5,8,11,14,16H,6-7H2,1H3,(H2,13,17). The third-order valence-corrected chi connectivity index (χ3v) is 2.66. The molecule has 1 amide bonds. The number of nitro benzene ring substituents is 1. The van der Waals surface area contributed by atoms with Gasteiger partial charge in [-0.15, -0.1) is 0 Å². The molecule has 0 heterocycles. The molecule has 2 unspecified atom stereocenters. The van der Waals surface area contributed by atoms with Gasteiger partial charge in [-0.05, 0) is 24.6 Å². The highest BCUT2D eigenvalue weighted by Gasteiger charge is 2.12. The molecule has 0 saturated heterocycles. The van der Waals surface area contributed by atoms with Crippen LogP contribution in [0.15, 0.2) is 24.3 Å². The first-order valence-corrected chi connectivity index (χ1v) is 5.84. The molecule has 1 aromatic carbocycles. The summed E-state index contributed by atoms with van der Waals surface area (Å²) in [7, 11) is 0. The number of aliphatic hydroxyl groups excluding tert-OH is 1. The molecule has 0 radical (unpaired) electrons. The summed E-state index contributed by atoms with van der Waals surface area (Å²) in [5.74, 6) is -0.412. The van der Waals surface area contributed by atoms with Crippen molar-refractivity contribution in [1.29, 1.82) is 0 Å². The Kier molecular flexibility index (Phi) is 5.40. The molecule has 104 valence electrons. The fraction of sp³-hybridized carbons (Fsp3) is 0.417. The average molecular weight is 267 g/mol. The second-order valence-electron chi connectivity index (χ2n) is 4.34. The number of nitrogens with one attached hydrogen (secondary N) is 1. The second kappa shape index (κ2) is 6.81. The highest BCUT2D eigenvalue weighted by Crippen LogP contribution is 2.17. The van der Waals surface area contributed by atoms with E-state index in [0.29, 0.717) is 5.56 Å². The zero-order valence-electron chi connectivity index (χ0n) is 10.6. The van der Waals surface area contributed by atoms with E-state index in [1.807, 2.05) is 0 Å². The van der Waals surface area contributed by atoms with E-state index < -0.39 is 16.9 Å². The molecule has 1 rings (SSSR count). The zero-order valence-corrected chi connectivity index (χ0v) is 10.6. The van der Waals surface area contributed by atoms with Crippen molar-refractivity contribution in [2.24, 2.45) is 5.73 Å². The number of hydrogen-bond donors (Lipinski definition) is 3. The third-order valence-electron chi connectivity index (χ3n) is 2.66. The number of carbonyl (C=O) groups excluding carboxylic acids is 1. The summed E-state index contributed by atoms with van der Waals surface area (Å²) in [6, 6.07) is 5.55. The van der Waals surface area contributed by atoms with Crippen LogP contribution >= 0.6 is 0 Å². The van der Waals surface area contributed by atoms with Gasteiger partial charge >= 0.3 is 0 Å². The Labute approximate surface area is 110 Å². The number of nitrogens with zero attached hydrogens (tertiary/aromatic N) is 1. The smallest absolute Gasteiger partial charge is 0.269 e. The quantitative estimate of drug-likeness (QED) is 0.490. The third kappa shape index (κ3) is 5.02. The van der Waals surface area contributed by atoms with Crippen LogP contribution in [-0.2, 0) is 4.79 Å². The van der Waals surface area contributed by atoms with Crippen LogP contribution in [0, 0.1) is 10.1 Å². The Balaban J connectivity index is 2.51. The van der Waals surface area contributed by atoms with E-state index in [-0.39, 0.29) is 24.7 Å². The van der Waals surface area contributed by atoms with Gasteiger partial charge in [0.05, 0.1) is 11.0 Å². The highest BCUT2D eigenvalue weighted by molar-refractivity contribution is 5.74. The Hall–Kier alpha value is -1.99. The van der Waals surface area contributed by atoms with Crippen molar-refractivity contribution in [3.05, 3.63) is 39.9 Å². The molecule has 2 atom stereocenters. The molecule has 1 aromatic rings. The zero-order chi connectivity index (χ0) is 14.4. The summed E-state index contributed by atoms with van der Waals surface area (Å²) in [6.45, 7) is 2.03. The minimum atomic E-state index is -0.795. The molecule has 4 N–H and O–H groups in total. The Morgan fingerprint density at radius 3 is 2.53 bits per heavy atom. The van der Waals surface area contributed by atoms with Crippen LogP contribution in [0.4, 0.5) is 5.69 Å². The van der Waals surface area contributed by atoms with Gasteiger partial charge in [-0.3, -0.25) is 14.9 Å². The van der Waals surface area contributed by atoms with Crippen molar-refractivity contribution < 1.29 is 14.8 Å². The molecule has 0 aliphatic rings. The van der Waals surface area contributed by atoms with E-state index in [9.17, 15) is 20.0 Å². The number of carbonyl (C=O) groups is 1. The molecule has 0 aliphatic carbocycles. The van der Waals surface area contributed by atoms with Crippen molar-refractivity contribution in [1.82, 2.24) is 5.32 Å². The minimum absolute atomic E-state index is 0.0222. The number of nitro groups is 1. The van der Waals surface area contributed by atoms with E-state index in [1.54, 1.807) is 6.92 Å². The number of amides is 1. The van der Waals surface area contributed by atoms with Gasteiger partial charge in [0.15, 0.2) is 0 Å². The number of primary amides is 1. The first kappa shape index (κ1) is 15.1. The molecule has 0 aliphatic heterocycles. The lowest BCUT2D eigenvalue weighted by Gasteiger charge is -2.16. The van der Waals surface area contributed by atoms with Crippen molar-refractivity contribution in [2.45, 2.75) is 25.5 Å². The summed E-state index contributed by atoms with van der Waals surface area (Å²) in [5, 5.41) is 23.3. The Morgan fingerprint density at radius 2 is 2.05 bits per heavy atom. The van der Waals surface area contributed by atoms with Crippen LogP contribution in [0.3, 0.4) is 0 Å². The summed E-state index contributed by atoms with van der Waals surface area (Å²) in [6.07, 6.45) is -0.608. The first-order chi connectivity index (χ1) is 8.90. The lowest BCUT2D eigenvalue weighted by Crippen LogP contribution is -2.33. The monoisotopic (exact) mass is 267 g/mol. The van der Waals surface area contributed by atoms with E-state index in [1.165, 1.54) is 24.3 Å². The summed E-state index contributed by atoms with van der Waals surface area (Å²) >= 11 is 0. The van der Waals surface area contributed by atoms with E-state index in [2.05, 4.69) is 5.32 Å². The Bertz CT molecular complexity index is 447. The van der Waals surface area contributed by atoms with Crippen molar-refractivity contribution in [3.8, 4) is 0 Å². The lowest BCUT2D eigenvalue weighted by atomic mass is 10.1. The van der Waals surface area contributed by atoms with Crippen molar-refractivity contribution in [3.63, 3.8) is 0 Å². The van der Waals surface area contributed by atoms with Crippen LogP contribution in [0.25, 0.3) is 0 Å². The molecule has 7 nitrogen and oxygen atoms in total. The number of aliphatic hydroxyl groups is 1. The molecule has 19 heavy (non-hydrogen) atoms. The SMILES string of the molecule is CC(CC(N)=O)NCC(O)c1ccc([N+](=O)[O-])cc1. The lowest BCUT2D eigenvalue weighted by molar-refractivity contribution is -0.384. The van der Waals surface area contributed by atoms with Crippen LogP contribution in [0.2, 0.25) is 0 Å². The van der Waals surface area contributed by atoms with Crippen molar-refractivity contribution >= 4 is 11.6 Å². The number of nitrogens with two attached hydrogens (primary N) is 1. The van der Waals surface area contributed by atoms with Gasteiger partial charge in [0, 0.05) is 31.1 Å². The molecular weight excluding hydrogens is 250 g/mol. The minimum Gasteiger partial charge on any atom is -0.387 e. The average Bonchev–Trinajstić information content (AvgIpc) is 2.35. The van der Waals surface area contributed by atoms with Crippen LogP contribution < -0.4 is 11.1 Å². The van der Waals surface area contributed by atoms with Crippen LogP contribution in [0.5, 0.6) is 0 Å². The molecule has 0 aromatic heterocycles. The van der Waals surface area contributed by atoms with Gasteiger partial charge in [-0.2, -0.15) is 0 Å². The Morgan fingerprint density at radius 1 is 1.47 bits per heavy atom. The predicted octanol–water partition coefficient (Wildman–Crippen LogP) is 0.482. The maximum Gasteiger partial charge on any atom is 0.269 e. The summed E-state index contributed by atoms with van der Waals surface area (Å²) < 4.78 is 0. The number of non-ortho nitro benzene ring substituents is 1. The molecular formula is C12H17N3O4. The fourth-order valence-corrected chi connectivity index (χ4v) is 1.62. The summed E-state index contributed by atoms with van der Waals surface area (Å²) in [4.78, 5) is 20.7. The van der Waals surface area contributed by atoms with Gasteiger partial charge in [0.1, 0.15) is 0 Å². The topological polar surface area (TPSA) is 118 Å².